The van der Waals surface area contributed by atoms with Gasteiger partial charge in [0.2, 0.25) is 0 Å². The molecule has 0 aliphatic carbocycles. The highest BCUT2D eigenvalue weighted by atomic mass is 35.5. The molecule has 1 aromatic carbocycles. The summed E-state index contributed by atoms with van der Waals surface area (Å²) in [5, 5.41) is 9.52. The van der Waals surface area contributed by atoms with Crippen molar-refractivity contribution >= 4 is 23.4 Å². The quantitative estimate of drug-likeness (QED) is 0.829. The molecule has 0 amide bonds. The topological polar surface area (TPSA) is 27.0 Å². The first-order valence-electron chi connectivity index (χ1n) is 6.05. The number of rotatable bonds is 2. The van der Waals surface area contributed by atoms with E-state index in [9.17, 15) is 0 Å². The van der Waals surface area contributed by atoms with E-state index in [0.717, 1.165) is 25.2 Å². The average molecular weight is 281 g/mol. The Morgan fingerprint density at radius 1 is 1.50 bits per heavy atom. The molecule has 4 heteroatoms. The van der Waals surface area contributed by atoms with Crippen LogP contribution < -0.4 is 0 Å². The zero-order valence-corrected chi connectivity index (χ0v) is 12.3. The molecule has 0 unspecified atom stereocenters. The van der Waals surface area contributed by atoms with E-state index in [1.54, 1.807) is 6.07 Å². The SMILES string of the molecule is CC1(C)CN(Cc2ccc(C#N)cc2Cl)CCS1. The van der Waals surface area contributed by atoms with Gasteiger partial charge in [-0.05, 0) is 31.5 Å². The normalized spacial score (nSPS) is 19.4. The predicted octanol–water partition coefficient (Wildman–Crippen LogP) is 3.54. The summed E-state index contributed by atoms with van der Waals surface area (Å²) in [5.41, 5.74) is 1.73. The molecule has 0 saturated carbocycles. The Morgan fingerprint density at radius 3 is 2.89 bits per heavy atom. The highest BCUT2D eigenvalue weighted by molar-refractivity contribution is 8.00. The Morgan fingerprint density at radius 2 is 2.28 bits per heavy atom. The van der Waals surface area contributed by atoms with E-state index in [2.05, 4.69) is 24.8 Å². The van der Waals surface area contributed by atoms with Gasteiger partial charge >= 0.3 is 0 Å². The largest absolute Gasteiger partial charge is 0.297 e. The van der Waals surface area contributed by atoms with Gasteiger partial charge in [-0.3, -0.25) is 4.90 Å². The number of halogens is 1. The zero-order chi connectivity index (χ0) is 13.2. The van der Waals surface area contributed by atoms with Gasteiger partial charge in [0, 0.05) is 35.2 Å². The van der Waals surface area contributed by atoms with Crippen LogP contribution >= 0.6 is 23.4 Å². The summed E-state index contributed by atoms with van der Waals surface area (Å²) in [4.78, 5) is 2.43. The molecule has 1 saturated heterocycles. The Bertz CT molecular complexity index is 479. The van der Waals surface area contributed by atoms with Crippen molar-refractivity contribution in [2.45, 2.75) is 25.1 Å². The lowest BCUT2D eigenvalue weighted by Gasteiger charge is -2.37. The number of hydrogen-bond acceptors (Lipinski definition) is 3. The van der Waals surface area contributed by atoms with Crippen LogP contribution in [-0.4, -0.2) is 28.5 Å². The van der Waals surface area contributed by atoms with Crippen LogP contribution in [-0.2, 0) is 6.54 Å². The van der Waals surface area contributed by atoms with E-state index < -0.39 is 0 Å². The number of thioether (sulfide) groups is 1. The van der Waals surface area contributed by atoms with Crippen LogP contribution in [0.4, 0.5) is 0 Å². The Kier molecular flexibility index (Phi) is 4.21. The minimum atomic E-state index is 0.317. The fourth-order valence-corrected chi connectivity index (χ4v) is 3.65. The zero-order valence-electron chi connectivity index (χ0n) is 10.7. The number of nitrogens with zero attached hydrogens (tertiary/aromatic N) is 2. The minimum absolute atomic E-state index is 0.317. The maximum atomic E-state index is 8.82. The molecular formula is C14H17ClN2S. The smallest absolute Gasteiger partial charge is 0.0992 e. The van der Waals surface area contributed by atoms with Crippen molar-refractivity contribution in [2.24, 2.45) is 0 Å². The third kappa shape index (κ3) is 3.41. The van der Waals surface area contributed by atoms with Gasteiger partial charge in [0.1, 0.15) is 0 Å². The van der Waals surface area contributed by atoms with Crippen molar-refractivity contribution in [1.82, 2.24) is 4.90 Å². The molecule has 18 heavy (non-hydrogen) atoms. The van der Waals surface area contributed by atoms with Crippen LogP contribution in [0.2, 0.25) is 5.02 Å². The summed E-state index contributed by atoms with van der Waals surface area (Å²) in [6.07, 6.45) is 0. The number of nitriles is 1. The van der Waals surface area contributed by atoms with Gasteiger partial charge in [-0.1, -0.05) is 17.7 Å². The molecule has 0 bridgehead atoms. The standard InChI is InChI=1S/C14H17ClN2S/c1-14(2)10-17(5-6-18-14)9-12-4-3-11(8-16)7-13(12)15/h3-4,7H,5-6,9-10H2,1-2H3. The molecule has 1 aliphatic rings. The first kappa shape index (κ1) is 13.7. The van der Waals surface area contributed by atoms with Crippen molar-refractivity contribution < 1.29 is 0 Å². The molecule has 1 heterocycles. The lowest BCUT2D eigenvalue weighted by molar-refractivity contribution is 0.252. The molecule has 1 fully saturated rings. The Labute approximate surface area is 118 Å². The van der Waals surface area contributed by atoms with Gasteiger partial charge in [0.25, 0.3) is 0 Å². The molecule has 2 rings (SSSR count). The van der Waals surface area contributed by atoms with Crippen LogP contribution in [0.15, 0.2) is 18.2 Å². The first-order valence-corrected chi connectivity index (χ1v) is 7.41. The molecule has 96 valence electrons. The van der Waals surface area contributed by atoms with E-state index in [1.807, 2.05) is 23.9 Å². The third-order valence-corrected chi connectivity index (χ3v) is 4.73. The van der Waals surface area contributed by atoms with E-state index in [4.69, 9.17) is 16.9 Å². The van der Waals surface area contributed by atoms with Crippen LogP contribution in [0.3, 0.4) is 0 Å². The average Bonchev–Trinajstić information content (AvgIpc) is 2.30. The molecule has 1 aromatic rings. The molecule has 0 aromatic heterocycles. The summed E-state index contributed by atoms with van der Waals surface area (Å²) in [6.45, 7) is 7.61. The molecular weight excluding hydrogens is 264 g/mol. The summed E-state index contributed by atoms with van der Waals surface area (Å²) in [5.74, 6) is 1.17. The highest BCUT2D eigenvalue weighted by Gasteiger charge is 2.27. The molecule has 0 spiro atoms. The van der Waals surface area contributed by atoms with Crippen molar-refractivity contribution in [3.05, 3.63) is 34.3 Å². The number of hydrogen-bond donors (Lipinski definition) is 0. The van der Waals surface area contributed by atoms with E-state index in [1.165, 1.54) is 5.75 Å². The van der Waals surface area contributed by atoms with Crippen molar-refractivity contribution in [3.63, 3.8) is 0 Å². The fourth-order valence-electron chi connectivity index (χ4n) is 2.24. The maximum Gasteiger partial charge on any atom is 0.0992 e. The van der Waals surface area contributed by atoms with Gasteiger partial charge in [0.15, 0.2) is 0 Å². The van der Waals surface area contributed by atoms with E-state index >= 15 is 0 Å². The summed E-state index contributed by atoms with van der Waals surface area (Å²) >= 11 is 8.24. The van der Waals surface area contributed by atoms with E-state index in [0.29, 0.717) is 15.3 Å². The van der Waals surface area contributed by atoms with E-state index in [-0.39, 0.29) is 0 Å². The van der Waals surface area contributed by atoms with Crippen LogP contribution in [0, 0.1) is 11.3 Å². The second kappa shape index (κ2) is 5.52. The van der Waals surface area contributed by atoms with Crippen LogP contribution in [0.1, 0.15) is 25.0 Å². The van der Waals surface area contributed by atoms with Gasteiger partial charge in [-0.25, -0.2) is 0 Å². The monoisotopic (exact) mass is 280 g/mol. The molecule has 0 N–H and O–H groups in total. The van der Waals surface area contributed by atoms with Crippen LogP contribution in [0.25, 0.3) is 0 Å². The number of benzene rings is 1. The summed E-state index contributed by atoms with van der Waals surface area (Å²) < 4.78 is 0.317. The second-order valence-electron chi connectivity index (χ2n) is 5.24. The summed E-state index contributed by atoms with van der Waals surface area (Å²) in [6, 6.07) is 7.67. The van der Waals surface area contributed by atoms with Crippen LogP contribution in [0.5, 0.6) is 0 Å². The molecule has 0 radical (unpaired) electrons. The first-order chi connectivity index (χ1) is 8.50. The molecule has 1 aliphatic heterocycles. The van der Waals surface area contributed by atoms with Gasteiger partial charge in [0.05, 0.1) is 11.6 Å². The Balaban J connectivity index is 2.08. The third-order valence-electron chi connectivity index (χ3n) is 3.08. The molecule has 0 atom stereocenters. The maximum absolute atomic E-state index is 8.82. The lowest BCUT2D eigenvalue weighted by Crippen LogP contribution is -2.42. The summed E-state index contributed by atoms with van der Waals surface area (Å²) in [7, 11) is 0. The predicted molar refractivity (Wildman–Crippen MR) is 78.0 cm³/mol. The van der Waals surface area contributed by atoms with Gasteiger partial charge in [-0.2, -0.15) is 17.0 Å². The van der Waals surface area contributed by atoms with Crippen molar-refractivity contribution in [3.8, 4) is 6.07 Å². The Hall–Kier alpha value is -0.690. The highest BCUT2D eigenvalue weighted by Crippen LogP contribution is 2.31. The lowest BCUT2D eigenvalue weighted by atomic mass is 10.1. The van der Waals surface area contributed by atoms with Crippen molar-refractivity contribution in [1.29, 1.82) is 5.26 Å². The minimum Gasteiger partial charge on any atom is -0.297 e. The molecule has 2 nitrogen and oxygen atoms in total. The van der Waals surface area contributed by atoms with Gasteiger partial charge in [-0.15, -0.1) is 0 Å². The van der Waals surface area contributed by atoms with Gasteiger partial charge < -0.3 is 0 Å². The van der Waals surface area contributed by atoms with Crippen molar-refractivity contribution in [2.75, 3.05) is 18.8 Å². The second-order valence-corrected chi connectivity index (χ2v) is 7.45. The fraction of sp³-hybridized carbons (Fsp3) is 0.500.